The van der Waals surface area contributed by atoms with Gasteiger partial charge < -0.3 is 4.57 Å². The highest BCUT2D eigenvalue weighted by atomic mass is 19.1. The molecule has 5 nitrogen and oxygen atoms in total. The molecule has 0 atom stereocenters. The Kier molecular flexibility index (Phi) is 5.19. The number of hydrogen-bond acceptors (Lipinski definition) is 4. The molecule has 6 heteroatoms. The predicted octanol–water partition coefficient (Wildman–Crippen LogP) is 4.34. The van der Waals surface area contributed by atoms with Gasteiger partial charge in [0, 0.05) is 24.2 Å². The molecule has 0 radical (unpaired) electrons. The van der Waals surface area contributed by atoms with Crippen LogP contribution in [0.25, 0.3) is 22.5 Å². The number of rotatable bonds is 4. The van der Waals surface area contributed by atoms with Gasteiger partial charge in [0.15, 0.2) is 0 Å². The third kappa shape index (κ3) is 3.61. The first-order chi connectivity index (χ1) is 14.6. The molecule has 3 heterocycles. The normalized spacial score (nSPS) is 10.6. The maximum absolute atomic E-state index is 13.4. The Morgan fingerprint density at radius 2 is 1.87 bits per heavy atom. The van der Waals surface area contributed by atoms with E-state index in [2.05, 4.69) is 9.97 Å². The number of nitriles is 1. The number of hydrogen-bond donors (Lipinski definition) is 0. The summed E-state index contributed by atoms with van der Waals surface area (Å²) in [5, 5.41) is 9.76. The average molecular weight is 396 g/mol. The summed E-state index contributed by atoms with van der Waals surface area (Å²) in [5.74, 6) is -0.386. The van der Waals surface area contributed by atoms with Gasteiger partial charge in [-0.25, -0.2) is 4.39 Å². The van der Waals surface area contributed by atoms with Gasteiger partial charge in [0.05, 0.1) is 17.9 Å². The monoisotopic (exact) mass is 396 g/mol. The maximum Gasteiger partial charge on any atom is 0.269 e. The number of aryl methyl sites for hydroxylation is 1. The summed E-state index contributed by atoms with van der Waals surface area (Å²) >= 11 is 0. The van der Waals surface area contributed by atoms with Gasteiger partial charge in [0.2, 0.25) is 0 Å². The molecule has 4 rings (SSSR count). The topological polar surface area (TPSA) is 71.6 Å². The van der Waals surface area contributed by atoms with E-state index in [-0.39, 0.29) is 17.9 Å². The molecule has 1 aromatic carbocycles. The zero-order valence-electron chi connectivity index (χ0n) is 16.2. The smallest absolute Gasteiger partial charge is 0.269 e. The number of benzene rings is 1. The van der Waals surface area contributed by atoms with Crippen molar-refractivity contribution in [2.24, 2.45) is 0 Å². The summed E-state index contributed by atoms with van der Waals surface area (Å²) in [4.78, 5) is 22.0. The third-order valence-electron chi connectivity index (χ3n) is 4.88. The molecule has 0 fully saturated rings. The Morgan fingerprint density at radius 3 is 2.53 bits per heavy atom. The van der Waals surface area contributed by atoms with Crippen LogP contribution in [0.15, 0.2) is 78.0 Å². The van der Waals surface area contributed by atoms with Crippen molar-refractivity contribution in [1.82, 2.24) is 14.5 Å². The first-order valence-corrected chi connectivity index (χ1v) is 9.33. The van der Waals surface area contributed by atoms with Crippen molar-refractivity contribution in [3.8, 4) is 28.6 Å². The fourth-order valence-electron chi connectivity index (χ4n) is 3.39. The van der Waals surface area contributed by atoms with Crippen LogP contribution in [0.3, 0.4) is 0 Å². The van der Waals surface area contributed by atoms with E-state index >= 15 is 0 Å². The average Bonchev–Trinajstić information content (AvgIpc) is 2.77. The molecule has 0 amide bonds. The number of nitrogens with zero attached hydrogens (tertiary/aromatic N) is 4. The standard InChI is InChI=1S/C24H17FN4O/c1-16-4-2-11-28-23(16)22-12-20(18-6-8-19(25)9-7-18)21(13-26)24(30)29(22)15-17-5-3-10-27-14-17/h2-12,14H,15H2,1H3. The Hall–Kier alpha value is -4.11. The van der Waals surface area contributed by atoms with E-state index in [9.17, 15) is 14.4 Å². The first kappa shape index (κ1) is 19.2. The van der Waals surface area contributed by atoms with Crippen molar-refractivity contribution in [3.05, 3.63) is 106 Å². The van der Waals surface area contributed by atoms with Gasteiger partial charge in [-0.05, 0) is 53.9 Å². The quantitative estimate of drug-likeness (QED) is 0.514. The van der Waals surface area contributed by atoms with Crippen molar-refractivity contribution in [3.63, 3.8) is 0 Å². The fourth-order valence-corrected chi connectivity index (χ4v) is 3.39. The van der Waals surface area contributed by atoms with E-state index < -0.39 is 5.56 Å². The SMILES string of the molecule is Cc1cccnc1-c1cc(-c2ccc(F)cc2)c(C#N)c(=O)n1Cc1cccnc1. The lowest BCUT2D eigenvalue weighted by Gasteiger charge is -2.17. The van der Waals surface area contributed by atoms with Gasteiger partial charge in [-0.15, -0.1) is 0 Å². The van der Waals surface area contributed by atoms with E-state index in [1.54, 1.807) is 42.9 Å². The van der Waals surface area contributed by atoms with Crippen molar-refractivity contribution in [1.29, 1.82) is 5.26 Å². The molecular formula is C24H17FN4O. The van der Waals surface area contributed by atoms with Crippen molar-refractivity contribution < 1.29 is 4.39 Å². The molecule has 0 saturated carbocycles. The van der Waals surface area contributed by atoms with Crippen LogP contribution in [0.5, 0.6) is 0 Å². The first-order valence-electron chi connectivity index (χ1n) is 9.33. The lowest BCUT2D eigenvalue weighted by atomic mass is 9.98. The van der Waals surface area contributed by atoms with Crippen LogP contribution in [0.1, 0.15) is 16.7 Å². The second-order valence-corrected chi connectivity index (χ2v) is 6.86. The molecular weight excluding hydrogens is 379 g/mol. The van der Waals surface area contributed by atoms with Crippen molar-refractivity contribution in [2.45, 2.75) is 13.5 Å². The van der Waals surface area contributed by atoms with Gasteiger partial charge >= 0.3 is 0 Å². The summed E-state index contributed by atoms with van der Waals surface area (Å²) in [6, 6.07) is 17.0. The summed E-state index contributed by atoms with van der Waals surface area (Å²) in [7, 11) is 0. The van der Waals surface area contributed by atoms with Crippen molar-refractivity contribution in [2.75, 3.05) is 0 Å². The van der Waals surface area contributed by atoms with Crippen LogP contribution in [-0.2, 0) is 6.54 Å². The van der Waals surface area contributed by atoms with Gasteiger partial charge in [-0.2, -0.15) is 5.26 Å². The highest BCUT2D eigenvalue weighted by Crippen LogP contribution is 2.28. The van der Waals surface area contributed by atoms with E-state index in [1.807, 2.05) is 31.2 Å². The summed E-state index contributed by atoms with van der Waals surface area (Å²) in [6.07, 6.45) is 5.01. The Balaban J connectivity index is 2.02. The van der Waals surface area contributed by atoms with Gasteiger partial charge in [-0.3, -0.25) is 14.8 Å². The van der Waals surface area contributed by atoms with Crippen LogP contribution >= 0.6 is 0 Å². The summed E-state index contributed by atoms with van der Waals surface area (Å²) in [5.41, 5.74) is 3.57. The molecule has 0 N–H and O–H groups in total. The van der Waals surface area contributed by atoms with E-state index in [0.29, 0.717) is 22.5 Å². The van der Waals surface area contributed by atoms with Gasteiger partial charge in [0.25, 0.3) is 5.56 Å². The number of halogens is 1. The molecule has 0 bridgehead atoms. The number of aromatic nitrogens is 3. The summed E-state index contributed by atoms with van der Waals surface area (Å²) in [6.45, 7) is 2.16. The lowest BCUT2D eigenvalue weighted by Crippen LogP contribution is -2.26. The predicted molar refractivity (Wildman–Crippen MR) is 112 cm³/mol. The maximum atomic E-state index is 13.4. The molecule has 3 aromatic heterocycles. The highest BCUT2D eigenvalue weighted by molar-refractivity contribution is 5.75. The van der Waals surface area contributed by atoms with Crippen LogP contribution in [0, 0.1) is 24.1 Å². The van der Waals surface area contributed by atoms with E-state index in [0.717, 1.165) is 11.1 Å². The van der Waals surface area contributed by atoms with Gasteiger partial charge in [0.1, 0.15) is 17.4 Å². The van der Waals surface area contributed by atoms with E-state index in [1.165, 1.54) is 16.7 Å². The second kappa shape index (κ2) is 8.10. The van der Waals surface area contributed by atoms with Crippen molar-refractivity contribution >= 4 is 0 Å². The largest absolute Gasteiger partial charge is 0.301 e. The minimum atomic E-state index is -0.428. The Morgan fingerprint density at radius 1 is 1.10 bits per heavy atom. The number of pyridine rings is 3. The molecule has 0 aliphatic rings. The molecule has 30 heavy (non-hydrogen) atoms. The second-order valence-electron chi connectivity index (χ2n) is 6.86. The van der Waals surface area contributed by atoms with Crippen LogP contribution in [0.4, 0.5) is 4.39 Å². The fraction of sp³-hybridized carbons (Fsp3) is 0.0833. The van der Waals surface area contributed by atoms with Crippen LogP contribution in [-0.4, -0.2) is 14.5 Å². The Labute approximate surface area is 172 Å². The third-order valence-corrected chi connectivity index (χ3v) is 4.88. The molecule has 0 aliphatic heterocycles. The highest BCUT2D eigenvalue weighted by Gasteiger charge is 2.19. The molecule has 0 aliphatic carbocycles. The Bertz CT molecular complexity index is 1310. The van der Waals surface area contributed by atoms with Crippen LogP contribution in [0.2, 0.25) is 0 Å². The minimum Gasteiger partial charge on any atom is -0.301 e. The molecule has 146 valence electrons. The van der Waals surface area contributed by atoms with E-state index in [4.69, 9.17) is 0 Å². The molecule has 0 saturated heterocycles. The molecule has 4 aromatic rings. The summed E-state index contributed by atoms with van der Waals surface area (Å²) < 4.78 is 15.0. The minimum absolute atomic E-state index is 0.00262. The van der Waals surface area contributed by atoms with Crippen LogP contribution < -0.4 is 5.56 Å². The lowest BCUT2D eigenvalue weighted by molar-refractivity contribution is 0.628. The molecule has 0 spiro atoms. The zero-order valence-corrected chi connectivity index (χ0v) is 16.2. The molecule has 0 unspecified atom stereocenters. The zero-order chi connectivity index (χ0) is 21.1. The van der Waals surface area contributed by atoms with Gasteiger partial charge in [-0.1, -0.05) is 24.3 Å².